The van der Waals surface area contributed by atoms with Gasteiger partial charge in [0.05, 0.1) is 22.6 Å². The number of hydrogen-bond acceptors (Lipinski definition) is 5. The smallest absolute Gasteiger partial charge is 0.399 e. The lowest BCUT2D eigenvalue weighted by atomic mass is 9.80. The van der Waals surface area contributed by atoms with Crippen molar-refractivity contribution in [3.63, 3.8) is 0 Å². The third kappa shape index (κ3) is 3.37. The molecule has 0 bridgehead atoms. The van der Waals surface area contributed by atoms with Gasteiger partial charge in [-0.25, -0.2) is 5.14 Å². The highest BCUT2D eigenvalue weighted by atomic mass is 32.2. The molecule has 2 heterocycles. The van der Waals surface area contributed by atoms with Crippen molar-refractivity contribution < 1.29 is 17.7 Å². The van der Waals surface area contributed by atoms with Gasteiger partial charge in [0.15, 0.2) is 0 Å². The zero-order valence-electron chi connectivity index (χ0n) is 12.8. The van der Waals surface area contributed by atoms with Crippen LogP contribution in [0.4, 0.5) is 5.69 Å². The van der Waals surface area contributed by atoms with Gasteiger partial charge < -0.3 is 9.31 Å². The predicted octanol–water partition coefficient (Wildman–Crippen LogP) is 0.305. The molecule has 0 aromatic carbocycles. The van der Waals surface area contributed by atoms with Crippen molar-refractivity contribution >= 4 is 28.5 Å². The van der Waals surface area contributed by atoms with Gasteiger partial charge in [0, 0.05) is 11.7 Å². The van der Waals surface area contributed by atoms with Crippen molar-refractivity contribution in [2.24, 2.45) is 5.14 Å². The van der Waals surface area contributed by atoms with Crippen LogP contribution in [0.25, 0.3) is 0 Å². The van der Waals surface area contributed by atoms with Gasteiger partial charge in [-0.15, -0.1) is 0 Å². The van der Waals surface area contributed by atoms with Crippen LogP contribution in [0.2, 0.25) is 0 Å². The molecule has 0 aliphatic carbocycles. The molecule has 21 heavy (non-hydrogen) atoms. The summed E-state index contributed by atoms with van der Waals surface area (Å²) in [5.41, 5.74) is 0.506. The summed E-state index contributed by atoms with van der Waals surface area (Å²) in [5, 5.41) is 5.00. The lowest BCUT2D eigenvalue weighted by molar-refractivity contribution is 0.00578. The van der Waals surface area contributed by atoms with E-state index in [2.05, 4.69) is 9.71 Å². The van der Waals surface area contributed by atoms with E-state index in [1.165, 1.54) is 0 Å². The van der Waals surface area contributed by atoms with Gasteiger partial charge in [-0.3, -0.25) is 9.71 Å². The minimum atomic E-state index is -3.86. The van der Waals surface area contributed by atoms with Gasteiger partial charge in [-0.1, -0.05) is 0 Å². The first-order valence-corrected chi connectivity index (χ1v) is 8.09. The second-order valence-electron chi connectivity index (χ2n) is 6.14. The molecule has 0 radical (unpaired) electrons. The summed E-state index contributed by atoms with van der Waals surface area (Å²) in [5.74, 6) is 0. The molecule has 0 saturated carbocycles. The molecule has 0 atom stereocenters. The van der Waals surface area contributed by atoms with Gasteiger partial charge in [-0.05, 0) is 40.7 Å². The molecule has 1 saturated heterocycles. The fourth-order valence-electron chi connectivity index (χ4n) is 1.91. The van der Waals surface area contributed by atoms with Crippen molar-refractivity contribution in [1.29, 1.82) is 0 Å². The number of nitrogens with one attached hydrogen (secondary N) is 1. The van der Waals surface area contributed by atoms with Gasteiger partial charge in [0.25, 0.3) is 10.2 Å². The number of aryl methyl sites for hydroxylation is 1. The molecule has 1 aliphatic rings. The monoisotopic (exact) mass is 313 g/mol. The molecular weight excluding hydrogens is 293 g/mol. The third-order valence-electron chi connectivity index (χ3n) is 3.89. The van der Waals surface area contributed by atoms with Gasteiger partial charge in [0.2, 0.25) is 0 Å². The number of aromatic nitrogens is 1. The maximum Gasteiger partial charge on any atom is 0.496 e. The van der Waals surface area contributed by atoms with E-state index in [0.717, 1.165) is 0 Å². The summed E-state index contributed by atoms with van der Waals surface area (Å²) in [6, 6.07) is 1.62. The highest BCUT2D eigenvalue weighted by molar-refractivity contribution is 7.90. The first-order valence-electron chi connectivity index (χ1n) is 6.54. The van der Waals surface area contributed by atoms with Crippen molar-refractivity contribution in [3.8, 4) is 0 Å². The maximum atomic E-state index is 11.2. The van der Waals surface area contributed by atoms with Crippen LogP contribution in [0.1, 0.15) is 33.4 Å². The Labute approximate surface area is 125 Å². The summed E-state index contributed by atoms with van der Waals surface area (Å²) in [6.45, 7) is 9.45. The topological polar surface area (TPSA) is 104 Å². The van der Waals surface area contributed by atoms with Crippen LogP contribution in [0, 0.1) is 6.92 Å². The molecule has 2 rings (SSSR count). The number of pyridine rings is 1. The molecule has 3 N–H and O–H groups in total. The summed E-state index contributed by atoms with van der Waals surface area (Å²) in [7, 11) is -4.46. The second kappa shape index (κ2) is 4.94. The van der Waals surface area contributed by atoms with Crippen molar-refractivity contribution in [1.82, 2.24) is 4.98 Å². The van der Waals surface area contributed by atoms with Crippen LogP contribution in [-0.4, -0.2) is 31.7 Å². The zero-order chi connectivity index (χ0) is 16.1. The summed E-state index contributed by atoms with van der Waals surface area (Å²) in [4.78, 5) is 4.16. The fraction of sp³-hybridized carbons (Fsp3) is 0.583. The lowest BCUT2D eigenvalue weighted by Crippen LogP contribution is -2.41. The fourth-order valence-corrected chi connectivity index (χ4v) is 2.43. The van der Waals surface area contributed by atoms with E-state index in [4.69, 9.17) is 14.4 Å². The van der Waals surface area contributed by atoms with E-state index in [-0.39, 0.29) is 0 Å². The number of hydrogen-bond donors (Lipinski definition) is 2. The van der Waals surface area contributed by atoms with Crippen molar-refractivity contribution in [2.75, 3.05) is 4.72 Å². The average molecular weight is 313 g/mol. The zero-order valence-corrected chi connectivity index (χ0v) is 13.6. The molecule has 0 unspecified atom stereocenters. The summed E-state index contributed by atoms with van der Waals surface area (Å²) in [6.07, 6.45) is 1.60. The van der Waals surface area contributed by atoms with Crippen molar-refractivity contribution in [2.45, 2.75) is 45.8 Å². The largest absolute Gasteiger partial charge is 0.496 e. The van der Waals surface area contributed by atoms with E-state index in [1.54, 1.807) is 19.2 Å². The van der Waals surface area contributed by atoms with Crippen LogP contribution >= 0.6 is 0 Å². The maximum absolute atomic E-state index is 11.2. The van der Waals surface area contributed by atoms with E-state index < -0.39 is 28.5 Å². The normalized spacial score (nSPS) is 20.6. The van der Waals surface area contributed by atoms with E-state index in [1.807, 2.05) is 27.7 Å². The highest BCUT2D eigenvalue weighted by Gasteiger charge is 2.51. The second-order valence-corrected chi connectivity index (χ2v) is 7.43. The van der Waals surface area contributed by atoms with Crippen LogP contribution in [-0.2, 0) is 19.5 Å². The molecule has 1 aromatic rings. The van der Waals surface area contributed by atoms with Crippen molar-refractivity contribution in [3.05, 3.63) is 18.0 Å². The number of rotatable bonds is 3. The van der Waals surface area contributed by atoms with E-state index in [9.17, 15) is 8.42 Å². The minimum absolute atomic E-state index is 0.310. The Morgan fingerprint density at radius 2 is 1.76 bits per heavy atom. The Hall–Kier alpha value is -1.16. The molecule has 1 fully saturated rings. The molecule has 0 spiro atoms. The SMILES string of the molecule is Cc1ncc(B2OC(C)(C)C(C)(C)O2)cc1NS(N)(=O)=O. The quantitative estimate of drug-likeness (QED) is 0.781. The van der Waals surface area contributed by atoms with Crippen LogP contribution in [0.3, 0.4) is 0 Å². The number of nitrogens with two attached hydrogens (primary N) is 1. The van der Waals surface area contributed by atoms with Gasteiger partial charge in [-0.2, -0.15) is 8.42 Å². The molecule has 1 aliphatic heterocycles. The minimum Gasteiger partial charge on any atom is -0.399 e. The molecule has 116 valence electrons. The summed E-state index contributed by atoms with van der Waals surface area (Å²) < 4.78 is 36.4. The third-order valence-corrected chi connectivity index (χ3v) is 4.39. The first-order chi connectivity index (χ1) is 9.41. The molecular formula is C12H20BN3O4S. The molecule has 1 aromatic heterocycles. The number of anilines is 1. The Morgan fingerprint density at radius 3 is 2.24 bits per heavy atom. The Morgan fingerprint density at radius 1 is 1.24 bits per heavy atom. The van der Waals surface area contributed by atoms with Crippen LogP contribution in [0.15, 0.2) is 12.3 Å². The first kappa shape index (κ1) is 16.2. The Balaban J connectivity index is 2.33. The molecule has 7 nitrogen and oxygen atoms in total. The van der Waals surface area contributed by atoms with Crippen LogP contribution < -0.4 is 15.3 Å². The van der Waals surface area contributed by atoms with Gasteiger partial charge in [0.1, 0.15) is 0 Å². The standard InChI is InChI=1S/C12H20BN3O4S/c1-8-10(16-21(14,17)18)6-9(7-15-8)13-19-11(2,3)12(4,5)20-13/h6-7,16H,1-5H3,(H2,14,17,18). The molecule has 9 heteroatoms. The Bertz CT molecular complexity index is 644. The lowest BCUT2D eigenvalue weighted by Gasteiger charge is -2.32. The average Bonchev–Trinajstić information content (AvgIpc) is 2.49. The van der Waals surface area contributed by atoms with Crippen LogP contribution in [0.5, 0.6) is 0 Å². The predicted molar refractivity (Wildman–Crippen MR) is 81.4 cm³/mol. The summed E-state index contributed by atoms with van der Waals surface area (Å²) >= 11 is 0. The van der Waals surface area contributed by atoms with Gasteiger partial charge >= 0.3 is 7.12 Å². The number of nitrogens with zero attached hydrogens (tertiary/aromatic N) is 1. The highest BCUT2D eigenvalue weighted by Crippen LogP contribution is 2.36. The molecule has 0 amide bonds. The Kier molecular flexibility index (Phi) is 3.82. The van der Waals surface area contributed by atoms with E-state index in [0.29, 0.717) is 16.8 Å². The van der Waals surface area contributed by atoms with E-state index >= 15 is 0 Å².